The first-order valence-electron chi connectivity index (χ1n) is 9.96. The second kappa shape index (κ2) is 8.42. The van der Waals surface area contributed by atoms with Crippen molar-refractivity contribution >= 4 is 17.5 Å². The third-order valence-corrected chi connectivity index (χ3v) is 5.62. The van der Waals surface area contributed by atoms with Gasteiger partial charge in [0.25, 0.3) is 0 Å². The molecule has 6 heteroatoms. The molecule has 146 valence electrons. The first kappa shape index (κ1) is 18.5. The minimum atomic E-state index is -0.224. The van der Waals surface area contributed by atoms with Crippen LogP contribution in [0.5, 0.6) is 0 Å². The number of carbonyl (C=O) groups is 2. The molecule has 2 fully saturated rings. The van der Waals surface area contributed by atoms with Gasteiger partial charge in [0.1, 0.15) is 0 Å². The van der Waals surface area contributed by atoms with Crippen molar-refractivity contribution in [2.24, 2.45) is 5.92 Å². The number of carbonyl (C=O) groups excluding carboxylic acids is 2. The van der Waals surface area contributed by atoms with Gasteiger partial charge in [-0.2, -0.15) is 0 Å². The van der Waals surface area contributed by atoms with Crippen LogP contribution in [0.15, 0.2) is 54.9 Å². The van der Waals surface area contributed by atoms with Crippen LogP contribution in [0, 0.1) is 5.92 Å². The maximum absolute atomic E-state index is 13.1. The minimum absolute atomic E-state index is 0.0656. The average molecular weight is 378 g/mol. The van der Waals surface area contributed by atoms with E-state index >= 15 is 0 Å². The Morgan fingerprint density at radius 3 is 2.57 bits per heavy atom. The maximum Gasteiger partial charge on any atom is 0.228 e. The van der Waals surface area contributed by atoms with Crippen molar-refractivity contribution in [1.82, 2.24) is 14.8 Å². The van der Waals surface area contributed by atoms with Gasteiger partial charge < -0.3 is 14.7 Å². The van der Waals surface area contributed by atoms with Gasteiger partial charge in [0.2, 0.25) is 11.8 Å². The van der Waals surface area contributed by atoms with E-state index in [1.807, 2.05) is 35.2 Å². The number of para-hydroxylation sites is 1. The van der Waals surface area contributed by atoms with Crippen molar-refractivity contribution in [1.29, 1.82) is 0 Å². The van der Waals surface area contributed by atoms with E-state index in [-0.39, 0.29) is 17.7 Å². The van der Waals surface area contributed by atoms with E-state index < -0.39 is 0 Å². The fourth-order valence-electron chi connectivity index (χ4n) is 4.09. The monoisotopic (exact) mass is 378 g/mol. The number of rotatable bonds is 4. The Kier molecular flexibility index (Phi) is 5.55. The summed E-state index contributed by atoms with van der Waals surface area (Å²) in [7, 11) is 0. The van der Waals surface area contributed by atoms with Gasteiger partial charge in [-0.3, -0.25) is 14.6 Å². The van der Waals surface area contributed by atoms with Crippen LogP contribution >= 0.6 is 0 Å². The Morgan fingerprint density at radius 1 is 1.00 bits per heavy atom. The zero-order chi connectivity index (χ0) is 19.3. The molecule has 0 bridgehead atoms. The van der Waals surface area contributed by atoms with Crippen LogP contribution in [0.3, 0.4) is 0 Å². The summed E-state index contributed by atoms with van der Waals surface area (Å²) >= 11 is 0. The zero-order valence-electron chi connectivity index (χ0n) is 16.0. The largest absolute Gasteiger partial charge is 0.370 e. The number of aromatic nitrogens is 1. The first-order valence-corrected chi connectivity index (χ1v) is 9.96. The number of amides is 2. The van der Waals surface area contributed by atoms with Crippen molar-refractivity contribution < 1.29 is 9.59 Å². The summed E-state index contributed by atoms with van der Waals surface area (Å²) in [4.78, 5) is 35.6. The standard InChI is InChI=1S/C22H26N4O2/c27-21-15-19(17-26(21)16-18-7-9-23-10-8-18)22(28)25-12-4-11-24(13-14-25)20-5-2-1-3-6-20/h1-3,5-10,19H,4,11-17H2. The highest BCUT2D eigenvalue weighted by molar-refractivity contribution is 5.89. The van der Waals surface area contributed by atoms with E-state index in [1.165, 1.54) is 5.69 Å². The quantitative estimate of drug-likeness (QED) is 0.818. The number of nitrogens with zero attached hydrogens (tertiary/aromatic N) is 4. The predicted molar refractivity (Wildman–Crippen MR) is 108 cm³/mol. The third-order valence-electron chi connectivity index (χ3n) is 5.62. The molecule has 1 unspecified atom stereocenters. The molecule has 1 aromatic heterocycles. The second-order valence-electron chi connectivity index (χ2n) is 7.53. The number of benzene rings is 1. The van der Waals surface area contributed by atoms with Crippen LogP contribution in [0.4, 0.5) is 5.69 Å². The summed E-state index contributed by atoms with van der Waals surface area (Å²) in [6.07, 6.45) is 4.73. The second-order valence-corrected chi connectivity index (χ2v) is 7.53. The molecule has 2 aromatic rings. The van der Waals surface area contributed by atoms with Gasteiger partial charge in [-0.05, 0) is 36.2 Å². The molecule has 1 atom stereocenters. The fraction of sp³-hybridized carbons (Fsp3) is 0.409. The van der Waals surface area contributed by atoms with Gasteiger partial charge in [0.05, 0.1) is 5.92 Å². The van der Waals surface area contributed by atoms with Crippen molar-refractivity contribution in [2.75, 3.05) is 37.6 Å². The molecule has 6 nitrogen and oxygen atoms in total. The highest BCUT2D eigenvalue weighted by atomic mass is 16.2. The lowest BCUT2D eigenvalue weighted by molar-refractivity contribution is -0.135. The summed E-state index contributed by atoms with van der Waals surface area (Å²) < 4.78 is 0. The van der Waals surface area contributed by atoms with Gasteiger partial charge in [-0.1, -0.05) is 18.2 Å². The van der Waals surface area contributed by atoms with Gasteiger partial charge in [0, 0.05) is 63.8 Å². The molecule has 0 spiro atoms. The Labute approximate surface area is 165 Å². The van der Waals surface area contributed by atoms with Crippen LogP contribution in [-0.2, 0) is 16.1 Å². The van der Waals surface area contributed by atoms with Crippen molar-refractivity contribution in [3.8, 4) is 0 Å². The minimum Gasteiger partial charge on any atom is -0.370 e. The summed E-state index contributed by atoms with van der Waals surface area (Å²) in [6.45, 7) is 4.31. The Balaban J connectivity index is 1.35. The molecule has 0 saturated carbocycles. The van der Waals surface area contributed by atoms with E-state index in [0.717, 1.165) is 31.6 Å². The van der Waals surface area contributed by atoms with E-state index in [0.29, 0.717) is 26.1 Å². The van der Waals surface area contributed by atoms with E-state index in [1.54, 1.807) is 17.3 Å². The lowest BCUT2D eigenvalue weighted by atomic mass is 10.1. The SMILES string of the molecule is O=C1CC(C(=O)N2CCCN(c3ccccc3)CC2)CN1Cc1ccncc1. The average Bonchev–Trinajstić information content (AvgIpc) is 2.94. The van der Waals surface area contributed by atoms with Crippen molar-refractivity contribution in [3.63, 3.8) is 0 Å². The number of likely N-dealkylation sites (tertiary alicyclic amines) is 1. The van der Waals surface area contributed by atoms with Crippen molar-refractivity contribution in [2.45, 2.75) is 19.4 Å². The predicted octanol–water partition coefficient (Wildman–Crippen LogP) is 2.17. The molecule has 1 aromatic carbocycles. The molecule has 3 heterocycles. The molecular formula is C22H26N4O2. The van der Waals surface area contributed by atoms with Gasteiger partial charge >= 0.3 is 0 Å². The molecule has 2 aliphatic rings. The number of hydrogen-bond donors (Lipinski definition) is 0. The molecular weight excluding hydrogens is 352 g/mol. The van der Waals surface area contributed by atoms with Crippen LogP contribution < -0.4 is 4.90 Å². The molecule has 4 rings (SSSR count). The van der Waals surface area contributed by atoms with Crippen LogP contribution in [0.25, 0.3) is 0 Å². The Bertz CT molecular complexity index is 812. The topological polar surface area (TPSA) is 56.8 Å². The zero-order valence-corrected chi connectivity index (χ0v) is 16.0. The van der Waals surface area contributed by atoms with E-state index in [9.17, 15) is 9.59 Å². The van der Waals surface area contributed by atoms with E-state index in [4.69, 9.17) is 0 Å². The van der Waals surface area contributed by atoms with Gasteiger partial charge in [0.15, 0.2) is 0 Å². The van der Waals surface area contributed by atoms with Crippen LogP contribution in [-0.4, -0.2) is 59.3 Å². The summed E-state index contributed by atoms with van der Waals surface area (Å²) in [5.41, 5.74) is 2.25. The van der Waals surface area contributed by atoms with Crippen molar-refractivity contribution in [3.05, 3.63) is 60.4 Å². The van der Waals surface area contributed by atoms with Crippen LogP contribution in [0.2, 0.25) is 0 Å². The number of pyridine rings is 1. The third kappa shape index (κ3) is 4.16. The first-order chi connectivity index (χ1) is 13.7. The summed E-state index contributed by atoms with van der Waals surface area (Å²) in [5, 5.41) is 0. The fourth-order valence-corrected chi connectivity index (χ4v) is 4.09. The Hall–Kier alpha value is -2.89. The molecule has 2 aliphatic heterocycles. The lowest BCUT2D eigenvalue weighted by Gasteiger charge is -2.25. The molecule has 28 heavy (non-hydrogen) atoms. The molecule has 2 amide bonds. The summed E-state index contributed by atoms with van der Waals surface area (Å²) in [6, 6.07) is 14.2. The highest BCUT2D eigenvalue weighted by Crippen LogP contribution is 2.23. The number of anilines is 1. The van der Waals surface area contributed by atoms with Gasteiger partial charge in [-0.25, -0.2) is 0 Å². The Morgan fingerprint density at radius 2 is 1.79 bits per heavy atom. The number of hydrogen-bond acceptors (Lipinski definition) is 4. The smallest absolute Gasteiger partial charge is 0.228 e. The molecule has 0 N–H and O–H groups in total. The summed E-state index contributed by atoms with van der Waals surface area (Å²) in [5.74, 6) is -0.0333. The molecule has 0 aliphatic carbocycles. The van der Waals surface area contributed by atoms with Crippen LogP contribution in [0.1, 0.15) is 18.4 Å². The maximum atomic E-state index is 13.1. The highest BCUT2D eigenvalue weighted by Gasteiger charge is 2.36. The molecule has 2 saturated heterocycles. The molecule has 0 radical (unpaired) electrons. The normalized spacial score (nSPS) is 20.4. The van der Waals surface area contributed by atoms with E-state index in [2.05, 4.69) is 22.0 Å². The van der Waals surface area contributed by atoms with Gasteiger partial charge in [-0.15, -0.1) is 0 Å². The lowest BCUT2D eigenvalue weighted by Crippen LogP contribution is -2.40.